The third-order valence-electron chi connectivity index (χ3n) is 3.98. The minimum absolute atomic E-state index is 0.681. The van der Waals surface area contributed by atoms with Gasteiger partial charge in [0, 0.05) is 0 Å². The van der Waals surface area contributed by atoms with Crippen molar-refractivity contribution < 1.29 is 0 Å². The van der Waals surface area contributed by atoms with Gasteiger partial charge in [-0.15, -0.1) is 0 Å². The van der Waals surface area contributed by atoms with Crippen LogP contribution in [0.1, 0.15) is 52.4 Å². The number of unbranched alkanes of at least 4 members (excludes halogenated alkanes) is 1. The van der Waals surface area contributed by atoms with Crippen LogP contribution in [0.4, 0.5) is 0 Å². The first-order chi connectivity index (χ1) is 5.77. The molecule has 0 aromatic carbocycles. The quantitative estimate of drug-likeness (QED) is 0.554. The van der Waals surface area contributed by atoms with Crippen LogP contribution in [-0.2, 0) is 0 Å². The van der Waals surface area contributed by atoms with E-state index in [1.807, 2.05) is 0 Å². The van der Waals surface area contributed by atoms with Crippen LogP contribution in [0.3, 0.4) is 0 Å². The average Bonchev–Trinajstić information content (AvgIpc) is 2.58. The van der Waals surface area contributed by atoms with Gasteiger partial charge >= 0.3 is 0 Å². The average molecular weight is 164 g/mol. The SMILES string of the molecule is CCCCC12CCC(C=C1C)C2. The summed E-state index contributed by atoms with van der Waals surface area (Å²) in [5, 5.41) is 0. The fourth-order valence-electron chi connectivity index (χ4n) is 3.14. The Morgan fingerprint density at radius 3 is 2.92 bits per heavy atom. The van der Waals surface area contributed by atoms with Crippen LogP contribution < -0.4 is 0 Å². The predicted molar refractivity (Wildman–Crippen MR) is 53.1 cm³/mol. The Kier molecular flexibility index (Phi) is 2.02. The third kappa shape index (κ3) is 1.12. The highest BCUT2D eigenvalue weighted by Gasteiger charge is 2.43. The summed E-state index contributed by atoms with van der Waals surface area (Å²) in [6.07, 6.45) is 11.2. The standard InChI is InChI=1S/C12H20/c1-3-4-6-12-7-5-11(9-12)8-10(12)2/h8,11H,3-7,9H2,1-2H3. The molecule has 2 rings (SSSR count). The highest BCUT2D eigenvalue weighted by Crippen LogP contribution is 2.56. The van der Waals surface area contributed by atoms with Gasteiger partial charge in [-0.25, -0.2) is 0 Å². The maximum absolute atomic E-state index is 2.54. The summed E-state index contributed by atoms with van der Waals surface area (Å²) >= 11 is 0. The summed E-state index contributed by atoms with van der Waals surface area (Å²) in [4.78, 5) is 0. The Morgan fingerprint density at radius 2 is 2.42 bits per heavy atom. The summed E-state index contributed by atoms with van der Waals surface area (Å²) < 4.78 is 0. The topological polar surface area (TPSA) is 0 Å². The summed E-state index contributed by atoms with van der Waals surface area (Å²) in [6, 6.07) is 0. The van der Waals surface area contributed by atoms with Crippen molar-refractivity contribution in [2.75, 3.05) is 0 Å². The molecule has 0 radical (unpaired) electrons. The monoisotopic (exact) mass is 164 g/mol. The van der Waals surface area contributed by atoms with Crippen LogP contribution >= 0.6 is 0 Å². The van der Waals surface area contributed by atoms with Crippen LogP contribution in [0, 0.1) is 11.3 Å². The zero-order valence-corrected chi connectivity index (χ0v) is 8.40. The van der Waals surface area contributed by atoms with Gasteiger partial charge in [0.1, 0.15) is 0 Å². The largest absolute Gasteiger partial charge is 0.0819 e. The molecule has 12 heavy (non-hydrogen) atoms. The molecule has 0 N–H and O–H groups in total. The molecule has 68 valence electrons. The van der Waals surface area contributed by atoms with E-state index in [1.54, 1.807) is 5.57 Å². The first-order valence-electron chi connectivity index (χ1n) is 5.46. The molecule has 1 saturated carbocycles. The van der Waals surface area contributed by atoms with Crippen molar-refractivity contribution in [2.24, 2.45) is 11.3 Å². The smallest absolute Gasteiger partial charge is 0.00849 e. The van der Waals surface area contributed by atoms with Crippen molar-refractivity contribution in [3.63, 3.8) is 0 Å². The molecule has 0 nitrogen and oxygen atoms in total. The molecular weight excluding hydrogens is 144 g/mol. The number of fused-ring (bicyclic) bond motifs is 2. The Bertz CT molecular complexity index is 202. The summed E-state index contributed by atoms with van der Waals surface area (Å²) in [7, 11) is 0. The lowest BCUT2D eigenvalue weighted by Gasteiger charge is -2.28. The Morgan fingerprint density at radius 1 is 1.58 bits per heavy atom. The van der Waals surface area contributed by atoms with Crippen LogP contribution in [-0.4, -0.2) is 0 Å². The minimum atomic E-state index is 0.681. The lowest BCUT2D eigenvalue weighted by atomic mass is 9.77. The molecule has 0 heterocycles. The van der Waals surface area contributed by atoms with E-state index in [0.29, 0.717) is 5.41 Å². The van der Waals surface area contributed by atoms with E-state index in [9.17, 15) is 0 Å². The van der Waals surface area contributed by atoms with Crippen molar-refractivity contribution in [2.45, 2.75) is 52.4 Å². The number of hydrogen-bond donors (Lipinski definition) is 0. The fraction of sp³-hybridized carbons (Fsp3) is 0.833. The lowest BCUT2D eigenvalue weighted by molar-refractivity contribution is 0.334. The van der Waals surface area contributed by atoms with Gasteiger partial charge in [-0.05, 0) is 43.9 Å². The normalized spacial score (nSPS) is 38.8. The highest BCUT2D eigenvalue weighted by molar-refractivity contribution is 5.24. The maximum atomic E-state index is 2.54. The van der Waals surface area contributed by atoms with Gasteiger partial charge in [0.25, 0.3) is 0 Å². The van der Waals surface area contributed by atoms with E-state index in [2.05, 4.69) is 19.9 Å². The second-order valence-electron chi connectivity index (χ2n) is 4.74. The zero-order chi connectivity index (χ0) is 8.60. The van der Waals surface area contributed by atoms with E-state index in [1.165, 1.54) is 38.5 Å². The summed E-state index contributed by atoms with van der Waals surface area (Å²) in [5.74, 6) is 0.960. The Balaban J connectivity index is 2.05. The Labute approximate surface area is 76.1 Å². The van der Waals surface area contributed by atoms with E-state index in [4.69, 9.17) is 0 Å². The van der Waals surface area contributed by atoms with Crippen molar-refractivity contribution in [1.82, 2.24) is 0 Å². The lowest BCUT2D eigenvalue weighted by Crippen LogP contribution is -2.15. The zero-order valence-electron chi connectivity index (χ0n) is 8.40. The molecule has 0 heteroatoms. The number of allylic oxidation sites excluding steroid dienone is 2. The highest BCUT2D eigenvalue weighted by atomic mass is 14.5. The van der Waals surface area contributed by atoms with Crippen molar-refractivity contribution in [3.05, 3.63) is 11.6 Å². The van der Waals surface area contributed by atoms with E-state index >= 15 is 0 Å². The molecule has 2 aliphatic rings. The molecule has 2 bridgehead atoms. The third-order valence-corrected chi connectivity index (χ3v) is 3.98. The van der Waals surface area contributed by atoms with Crippen LogP contribution in [0.25, 0.3) is 0 Å². The molecule has 0 aromatic rings. The van der Waals surface area contributed by atoms with Crippen LogP contribution in [0.5, 0.6) is 0 Å². The molecule has 0 spiro atoms. The molecule has 1 fully saturated rings. The second-order valence-corrected chi connectivity index (χ2v) is 4.74. The molecule has 0 aromatic heterocycles. The van der Waals surface area contributed by atoms with Gasteiger partial charge in [-0.3, -0.25) is 0 Å². The van der Waals surface area contributed by atoms with Crippen LogP contribution in [0.2, 0.25) is 0 Å². The van der Waals surface area contributed by atoms with Crippen molar-refractivity contribution in [1.29, 1.82) is 0 Å². The number of rotatable bonds is 3. The molecule has 2 unspecified atom stereocenters. The van der Waals surface area contributed by atoms with Gasteiger partial charge in [-0.2, -0.15) is 0 Å². The first kappa shape index (κ1) is 8.34. The maximum Gasteiger partial charge on any atom is -0.00849 e. The predicted octanol–water partition coefficient (Wildman–Crippen LogP) is 3.92. The Hall–Kier alpha value is -0.260. The molecule has 0 amide bonds. The van der Waals surface area contributed by atoms with Crippen LogP contribution in [0.15, 0.2) is 11.6 Å². The van der Waals surface area contributed by atoms with E-state index in [-0.39, 0.29) is 0 Å². The summed E-state index contributed by atoms with van der Waals surface area (Å²) in [5.41, 5.74) is 2.40. The summed E-state index contributed by atoms with van der Waals surface area (Å²) in [6.45, 7) is 4.66. The molecular formula is C12H20. The van der Waals surface area contributed by atoms with Crippen molar-refractivity contribution in [3.8, 4) is 0 Å². The van der Waals surface area contributed by atoms with E-state index in [0.717, 1.165) is 5.92 Å². The van der Waals surface area contributed by atoms with Gasteiger partial charge in [-0.1, -0.05) is 31.4 Å². The van der Waals surface area contributed by atoms with Gasteiger partial charge in [0.2, 0.25) is 0 Å². The van der Waals surface area contributed by atoms with E-state index < -0.39 is 0 Å². The molecule has 2 aliphatic carbocycles. The minimum Gasteiger partial charge on any atom is -0.0819 e. The van der Waals surface area contributed by atoms with Gasteiger partial charge < -0.3 is 0 Å². The fourth-order valence-corrected chi connectivity index (χ4v) is 3.14. The second kappa shape index (κ2) is 2.90. The molecule has 2 atom stereocenters. The first-order valence-corrected chi connectivity index (χ1v) is 5.46. The molecule has 0 aliphatic heterocycles. The van der Waals surface area contributed by atoms with Crippen molar-refractivity contribution >= 4 is 0 Å². The van der Waals surface area contributed by atoms with Gasteiger partial charge in [0.05, 0.1) is 0 Å². The number of hydrogen-bond acceptors (Lipinski definition) is 0. The molecule has 0 saturated heterocycles. The van der Waals surface area contributed by atoms with Gasteiger partial charge in [0.15, 0.2) is 0 Å².